The Morgan fingerprint density at radius 1 is 1.11 bits per heavy atom. The summed E-state index contributed by atoms with van der Waals surface area (Å²) in [6.07, 6.45) is -4.76. The highest BCUT2D eigenvalue weighted by atomic mass is 32.2. The van der Waals surface area contributed by atoms with Crippen molar-refractivity contribution in [2.45, 2.75) is 51.7 Å². The Hall–Kier alpha value is -2.87. The molecule has 2 amide bonds. The van der Waals surface area contributed by atoms with Gasteiger partial charge in [0, 0.05) is 49.5 Å². The monoisotopic (exact) mass is 547 g/mol. The smallest absolute Gasteiger partial charge is 0.509 e. The van der Waals surface area contributed by atoms with Gasteiger partial charge in [-0.25, -0.2) is 4.79 Å². The lowest BCUT2D eigenvalue weighted by Gasteiger charge is -2.33. The summed E-state index contributed by atoms with van der Waals surface area (Å²) in [5.41, 5.74) is -1.25. The lowest BCUT2D eigenvalue weighted by Crippen LogP contribution is -2.50. The molecule has 2 N–H and O–H groups in total. The van der Waals surface area contributed by atoms with Crippen molar-refractivity contribution in [3.05, 3.63) is 0 Å². The number of thioether (sulfide) groups is 1. The molecule has 0 aromatic heterocycles. The predicted octanol–water partition coefficient (Wildman–Crippen LogP) is -1.03. The van der Waals surface area contributed by atoms with Gasteiger partial charge in [0.05, 0.1) is 27.6 Å². The number of carbonyl (C=O) groups is 6. The predicted molar refractivity (Wildman–Crippen MR) is 130 cm³/mol. The van der Waals surface area contributed by atoms with Gasteiger partial charge in [-0.3, -0.25) is 19.2 Å². The van der Waals surface area contributed by atoms with Gasteiger partial charge >= 0.3 is 12.1 Å². The highest BCUT2D eigenvalue weighted by Crippen LogP contribution is 2.26. The molecule has 37 heavy (non-hydrogen) atoms. The fourth-order valence-electron chi connectivity index (χ4n) is 3.29. The minimum absolute atomic E-state index is 0.0588. The third kappa shape index (κ3) is 13.9. The molecule has 1 fully saturated rings. The van der Waals surface area contributed by atoms with Gasteiger partial charge in [-0.1, -0.05) is 25.6 Å². The number of nitrogens with one attached hydrogen (secondary N) is 2. The van der Waals surface area contributed by atoms with Crippen LogP contribution < -0.4 is 15.7 Å². The van der Waals surface area contributed by atoms with Crippen molar-refractivity contribution in [3.8, 4) is 0 Å². The molecule has 0 saturated carbocycles. The lowest BCUT2D eigenvalue weighted by atomic mass is 9.86. The van der Waals surface area contributed by atoms with Crippen LogP contribution in [-0.4, -0.2) is 105 Å². The number of aliphatic carboxylic acids is 1. The molecule has 13 nitrogen and oxygen atoms in total. The fourth-order valence-corrected chi connectivity index (χ4v) is 3.97. The number of rotatable bonds is 6. The summed E-state index contributed by atoms with van der Waals surface area (Å²) in [7, 11) is 5.32. The SMILES string of the molecule is CC1(C)COC(=O)CCC(=O)SCCNC(=O)CCNC(=O)[C@@H]1OC(=O)O[C@H](CC(=O)[O-])C[N+](C)(C)C. The Balaban J connectivity index is 3.04. The van der Waals surface area contributed by atoms with Crippen LogP contribution in [0.3, 0.4) is 0 Å². The number of carboxylic acid groups (broad SMARTS) is 1. The maximum Gasteiger partial charge on any atom is 0.509 e. The average molecular weight is 548 g/mol. The summed E-state index contributed by atoms with van der Waals surface area (Å²) in [5, 5.41) is 16.0. The van der Waals surface area contributed by atoms with Crippen molar-refractivity contribution in [3.63, 3.8) is 0 Å². The van der Waals surface area contributed by atoms with Crippen molar-refractivity contribution < 1.29 is 52.6 Å². The number of cyclic esters (lactones) is 1. The zero-order valence-electron chi connectivity index (χ0n) is 22.0. The fraction of sp³-hybridized carbons (Fsp3) is 0.739. The van der Waals surface area contributed by atoms with Crippen LogP contribution in [0, 0.1) is 5.41 Å². The van der Waals surface area contributed by atoms with E-state index in [4.69, 9.17) is 14.2 Å². The molecule has 1 saturated heterocycles. The number of hydrogen-bond donors (Lipinski definition) is 2. The number of nitrogens with zero attached hydrogens (tertiary/aromatic N) is 1. The molecule has 2 atom stereocenters. The third-order valence-electron chi connectivity index (χ3n) is 5.05. The van der Waals surface area contributed by atoms with Crippen LogP contribution in [0.15, 0.2) is 0 Å². The van der Waals surface area contributed by atoms with Gasteiger partial charge < -0.3 is 39.2 Å². The number of esters is 1. The number of likely N-dealkylation sites (N-methyl/N-ethyl adjacent to an activating group) is 1. The zero-order chi connectivity index (χ0) is 28.2. The molecule has 0 aromatic rings. The van der Waals surface area contributed by atoms with E-state index in [1.165, 1.54) is 13.8 Å². The number of amides is 2. The lowest BCUT2D eigenvalue weighted by molar-refractivity contribution is -0.873. The molecule has 0 bridgehead atoms. The van der Waals surface area contributed by atoms with Gasteiger partial charge in [0.1, 0.15) is 13.2 Å². The Labute approximate surface area is 220 Å². The van der Waals surface area contributed by atoms with E-state index < -0.39 is 48.0 Å². The van der Waals surface area contributed by atoms with E-state index in [2.05, 4.69) is 10.6 Å². The number of hydrogen-bond acceptors (Lipinski definition) is 11. The van der Waals surface area contributed by atoms with E-state index in [0.717, 1.165) is 11.8 Å². The topological polar surface area (TPSA) is 177 Å². The largest absolute Gasteiger partial charge is 0.550 e. The number of quaternary nitrogens is 1. The second kappa shape index (κ2) is 14.8. The van der Waals surface area contributed by atoms with Crippen molar-refractivity contribution in [1.82, 2.24) is 10.6 Å². The van der Waals surface area contributed by atoms with E-state index in [1.807, 2.05) is 0 Å². The number of carboxylic acids is 1. The summed E-state index contributed by atoms with van der Waals surface area (Å²) in [5.74, 6) is -2.86. The summed E-state index contributed by atoms with van der Waals surface area (Å²) in [6.45, 7) is 3.00. The molecule has 1 aliphatic rings. The summed E-state index contributed by atoms with van der Waals surface area (Å²) in [6, 6.07) is 0. The van der Waals surface area contributed by atoms with Crippen LogP contribution in [0.4, 0.5) is 4.79 Å². The molecule has 0 aromatic carbocycles. The van der Waals surface area contributed by atoms with E-state index in [9.17, 15) is 33.9 Å². The Morgan fingerprint density at radius 2 is 1.78 bits per heavy atom. The molecule has 1 aliphatic heterocycles. The van der Waals surface area contributed by atoms with Crippen LogP contribution in [0.2, 0.25) is 0 Å². The molecule has 1 rings (SSSR count). The van der Waals surface area contributed by atoms with Gasteiger partial charge in [-0.05, 0) is 0 Å². The highest BCUT2D eigenvalue weighted by Gasteiger charge is 2.41. The van der Waals surface area contributed by atoms with Crippen molar-refractivity contribution in [1.29, 1.82) is 0 Å². The molecule has 0 radical (unpaired) electrons. The van der Waals surface area contributed by atoms with Gasteiger partial charge in [-0.15, -0.1) is 0 Å². The Kier molecular flexibility index (Phi) is 12.8. The molecule has 0 aliphatic carbocycles. The summed E-state index contributed by atoms with van der Waals surface area (Å²) in [4.78, 5) is 72.8. The first-order valence-electron chi connectivity index (χ1n) is 11.8. The third-order valence-corrected chi connectivity index (χ3v) is 5.98. The van der Waals surface area contributed by atoms with E-state index in [1.54, 1.807) is 21.1 Å². The second-order valence-corrected chi connectivity index (χ2v) is 11.4. The number of ether oxygens (including phenoxy) is 3. The first-order chi connectivity index (χ1) is 17.1. The van der Waals surface area contributed by atoms with Gasteiger partial charge in [0.15, 0.2) is 17.3 Å². The second-order valence-electron chi connectivity index (χ2n) is 10.3. The van der Waals surface area contributed by atoms with E-state index in [-0.39, 0.29) is 61.0 Å². The maximum atomic E-state index is 13.0. The van der Waals surface area contributed by atoms with E-state index in [0.29, 0.717) is 5.75 Å². The van der Waals surface area contributed by atoms with Crippen LogP contribution in [0.5, 0.6) is 0 Å². The standard InChI is InChI=1S/C23H37N3O10S/c1-23(2)14-34-18(30)6-7-19(31)37-11-10-24-16(27)8-9-25-21(32)20(23)36-22(33)35-15(12-17(28)29)13-26(3,4)5/h15,20H,6-14H2,1-5H3,(H2-,24,25,27,28,29,32)/t15-,20+/m1/s1. The molecule has 210 valence electrons. The van der Waals surface area contributed by atoms with Crippen molar-refractivity contribution in [2.75, 3.05) is 53.1 Å². The molecular weight excluding hydrogens is 510 g/mol. The number of carbonyl (C=O) groups excluding carboxylic acids is 6. The van der Waals surface area contributed by atoms with Crippen LogP contribution >= 0.6 is 11.8 Å². The Bertz CT molecular complexity index is 856. The van der Waals surface area contributed by atoms with Gasteiger partial charge in [-0.2, -0.15) is 0 Å². The Morgan fingerprint density at radius 3 is 2.41 bits per heavy atom. The van der Waals surface area contributed by atoms with Gasteiger partial charge in [0.2, 0.25) is 5.91 Å². The van der Waals surface area contributed by atoms with Gasteiger partial charge in [0.25, 0.3) is 5.91 Å². The van der Waals surface area contributed by atoms with E-state index >= 15 is 0 Å². The average Bonchev–Trinajstić information content (AvgIpc) is 2.75. The quantitative estimate of drug-likeness (QED) is 0.307. The molecule has 0 unspecified atom stereocenters. The minimum atomic E-state index is -1.52. The van der Waals surface area contributed by atoms with Crippen LogP contribution in [0.25, 0.3) is 0 Å². The zero-order valence-corrected chi connectivity index (χ0v) is 22.8. The summed E-state index contributed by atoms with van der Waals surface area (Å²) < 4.78 is 16.0. The first-order valence-corrected chi connectivity index (χ1v) is 12.8. The first kappa shape index (κ1) is 32.2. The summed E-state index contributed by atoms with van der Waals surface area (Å²) >= 11 is 0.995. The van der Waals surface area contributed by atoms with Crippen molar-refractivity contribution >= 4 is 46.8 Å². The molecule has 0 spiro atoms. The molecule has 1 heterocycles. The van der Waals surface area contributed by atoms with Crippen LogP contribution in [0.1, 0.15) is 39.5 Å². The molecular formula is C23H37N3O10S. The highest BCUT2D eigenvalue weighted by molar-refractivity contribution is 8.13. The molecule has 14 heteroatoms. The van der Waals surface area contributed by atoms with Crippen LogP contribution in [-0.2, 0) is 38.2 Å². The maximum absolute atomic E-state index is 13.0. The van der Waals surface area contributed by atoms with Crippen molar-refractivity contribution in [2.24, 2.45) is 5.41 Å². The minimum Gasteiger partial charge on any atom is -0.550 e. The normalized spacial score (nSPS) is 21.5.